The van der Waals surface area contributed by atoms with Gasteiger partial charge in [0, 0.05) is 5.56 Å². The monoisotopic (exact) mass is 346 g/mol. The number of aromatic nitrogens is 1. The van der Waals surface area contributed by atoms with Gasteiger partial charge in [-0.1, -0.05) is 12.1 Å². The number of benzene rings is 2. The van der Waals surface area contributed by atoms with Crippen molar-refractivity contribution in [3.63, 3.8) is 0 Å². The molecule has 1 atom stereocenters. The smallest absolute Gasteiger partial charge is 0.220 e. The highest BCUT2D eigenvalue weighted by atomic mass is 16.5. The summed E-state index contributed by atoms with van der Waals surface area (Å²) in [5, 5.41) is 9.49. The molecule has 0 radical (unpaired) electrons. The molecule has 1 saturated carbocycles. The second-order valence-corrected chi connectivity index (χ2v) is 6.49. The topological polar surface area (TPSA) is 76.1 Å². The summed E-state index contributed by atoms with van der Waals surface area (Å²) in [7, 11) is 0. The normalized spacial score (nSPS) is 15.7. The molecule has 0 saturated heterocycles. The van der Waals surface area contributed by atoms with Gasteiger partial charge in [0.2, 0.25) is 5.89 Å². The Kier molecular flexibility index (Phi) is 4.40. The third kappa shape index (κ3) is 3.18. The summed E-state index contributed by atoms with van der Waals surface area (Å²) in [6.45, 7) is 0. The Balaban J connectivity index is 1.54. The lowest BCUT2D eigenvalue weighted by Crippen LogP contribution is -2.13. The standard InChI is InChI=1S/C21H18N2O3/c22-13-17(21-23-18-7-3-4-8-19(18)26-21)20(24)14-9-11-16(12-10-14)25-15-5-1-2-6-15/h3-4,7-12,15,17H,1-2,5-6H2. The molecular weight excluding hydrogens is 328 g/mol. The lowest BCUT2D eigenvalue weighted by Gasteiger charge is -2.13. The van der Waals surface area contributed by atoms with Crippen LogP contribution in [-0.2, 0) is 0 Å². The number of carbonyl (C=O) groups is 1. The molecule has 1 aromatic heterocycles. The summed E-state index contributed by atoms with van der Waals surface area (Å²) >= 11 is 0. The number of carbonyl (C=O) groups excluding carboxylic acids is 1. The van der Waals surface area contributed by atoms with E-state index in [-0.39, 0.29) is 17.8 Å². The molecule has 0 spiro atoms. The molecular formula is C21H18N2O3. The zero-order chi connectivity index (χ0) is 17.9. The fourth-order valence-electron chi connectivity index (χ4n) is 3.30. The zero-order valence-electron chi connectivity index (χ0n) is 14.2. The van der Waals surface area contributed by atoms with Gasteiger partial charge in [0.05, 0.1) is 12.2 Å². The van der Waals surface area contributed by atoms with Gasteiger partial charge in [-0.05, 0) is 62.1 Å². The minimum Gasteiger partial charge on any atom is -0.490 e. The Labute approximate surface area is 151 Å². The number of rotatable bonds is 5. The summed E-state index contributed by atoms with van der Waals surface area (Å²) in [4.78, 5) is 17.0. The number of para-hydroxylation sites is 2. The Morgan fingerprint density at radius 3 is 2.58 bits per heavy atom. The number of nitrogens with zero attached hydrogens (tertiary/aromatic N) is 2. The maximum atomic E-state index is 12.7. The number of fused-ring (bicyclic) bond motifs is 1. The van der Waals surface area contributed by atoms with Crippen LogP contribution in [0.25, 0.3) is 11.1 Å². The molecule has 5 heteroatoms. The van der Waals surface area contributed by atoms with E-state index in [4.69, 9.17) is 9.15 Å². The van der Waals surface area contributed by atoms with Gasteiger partial charge >= 0.3 is 0 Å². The van der Waals surface area contributed by atoms with E-state index in [1.54, 1.807) is 36.4 Å². The summed E-state index contributed by atoms with van der Waals surface area (Å²) in [5.74, 6) is -0.510. The lowest BCUT2D eigenvalue weighted by molar-refractivity contribution is 0.0970. The third-order valence-electron chi connectivity index (χ3n) is 4.69. The molecule has 0 bridgehead atoms. The fourth-order valence-corrected chi connectivity index (χ4v) is 3.30. The van der Waals surface area contributed by atoms with Crippen LogP contribution in [0.4, 0.5) is 0 Å². The van der Waals surface area contributed by atoms with Crippen LogP contribution in [0, 0.1) is 11.3 Å². The van der Waals surface area contributed by atoms with Crippen LogP contribution in [0.5, 0.6) is 5.75 Å². The predicted octanol–water partition coefficient (Wildman–Crippen LogP) is 4.64. The van der Waals surface area contributed by atoms with E-state index in [0.29, 0.717) is 16.7 Å². The number of hydrogen-bond donors (Lipinski definition) is 0. The van der Waals surface area contributed by atoms with Gasteiger partial charge in [0.1, 0.15) is 11.3 Å². The molecule has 1 fully saturated rings. The minimum absolute atomic E-state index is 0.130. The molecule has 130 valence electrons. The van der Waals surface area contributed by atoms with E-state index in [1.807, 2.05) is 18.2 Å². The summed E-state index contributed by atoms with van der Waals surface area (Å²) in [5.41, 5.74) is 1.64. The van der Waals surface area contributed by atoms with Crippen molar-refractivity contribution < 1.29 is 13.9 Å². The summed E-state index contributed by atoms with van der Waals surface area (Å²) < 4.78 is 11.5. The van der Waals surface area contributed by atoms with Gasteiger partial charge in [-0.2, -0.15) is 5.26 Å². The average Bonchev–Trinajstić information content (AvgIpc) is 3.32. The van der Waals surface area contributed by atoms with Gasteiger partial charge in [0.15, 0.2) is 17.3 Å². The number of nitriles is 1. The van der Waals surface area contributed by atoms with Crippen LogP contribution in [0.2, 0.25) is 0 Å². The van der Waals surface area contributed by atoms with Crippen LogP contribution < -0.4 is 4.74 Å². The van der Waals surface area contributed by atoms with Gasteiger partial charge in [-0.15, -0.1) is 0 Å². The first-order valence-corrected chi connectivity index (χ1v) is 8.80. The average molecular weight is 346 g/mol. The van der Waals surface area contributed by atoms with E-state index in [2.05, 4.69) is 4.98 Å². The van der Waals surface area contributed by atoms with E-state index >= 15 is 0 Å². The van der Waals surface area contributed by atoms with Crippen LogP contribution in [0.15, 0.2) is 52.9 Å². The Morgan fingerprint density at radius 2 is 1.88 bits per heavy atom. The Bertz CT molecular complexity index is 930. The molecule has 1 aliphatic carbocycles. The molecule has 1 aliphatic rings. The van der Waals surface area contributed by atoms with Crippen LogP contribution in [0.3, 0.4) is 0 Å². The number of ketones is 1. The molecule has 4 rings (SSSR count). The zero-order valence-corrected chi connectivity index (χ0v) is 14.2. The molecule has 0 aliphatic heterocycles. The quantitative estimate of drug-likeness (QED) is 0.629. The van der Waals surface area contributed by atoms with Crippen molar-refractivity contribution in [2.45, 2.75) is 37.7 Å². The number of ether oxygens (including phenoxy) is 1. The van der Waals surface area contributed by atoms with E-state index in [1.165, 1.54) is 12.8 Å². The van der Waals surface area contributed by atoms with Crippen molar-refractivity contribution in [2.75, 3.05) is 0 Å². The van der Waals surface area contributed by atoms with Crippen molar-refractivity contribution in [1.29, 1.82) is 5.26 Å². The predicted molar refractivity (Wildman–Crippen MR) is 96.0 cm³/mol. The van der Waals surface area contributed by atoms with Crippen molar-refractivity contribution in [2.24, 2.45) is 0 Å². The summed E-state index contributed by atoms with van der Waals surface area (Å²) in [6.07, 6.45) is 4.83. The van der Waals surface area contributed by atoms with Crippen LogP contribution in [0.1, 0.15) is 47.8 Å². The van der Waals surface area contributed by atoms with Crippen molar-refractivity contribution >= 4 is 16.9 Å². The number of oxazole rings is 1. The van der Waals surface area contributed by atoms with Crippen molar-refractivity contribution in [3.8, 4) is 11.8 Å². The van der Waals surface area contributed by atoms with Gasteiger partial charge in [0.25, 0.3) is 0 Å². The molecule has 3 aromatic rings. The molecule has 26 heavy (non-hydrogen) atoms. The van der Waals surface area contributed by atoms with Crippen LogP contribution in [-0.4, -0.2) is 16.9 Å². The van der Waals surface area contributed by atoms with Gasteiger partial charge in [-0.25, -0.2) is 4.98 Å². The van der Waals surface area contributed by atoms with Crippen LogP contribution >= 0.6 is 0 Å². The maximum Gasteiger partial charge on any atom is 0.220 e. The lowest BCUT2D eigenvalue weighted by atomic mass is 9.99. The van der Waals surface area contributed by atoms with E-state index < -0.39 is 5.92 Å². The molecule has 5 nitrogen and oxygen atoms in total. The first kappa shape index (κ1) is 16.3. The van der Waals surface area contributed by atoms with Crippen molar-refractivity contribution in [3.05, 3.63) is 60.0 Å². The molecule has 0 N–H and O–H groups in total. The fraction of sp³-hybridized carbons (Fsp3) is 0.286. The highest BCUT2D eigenvalue weighted by Crippen LogP contribution is 2.27. The number of hydrogen-bond acceptors (Lipinski definition) is 5. The second kappa shape index (κ2) is 7.01. The Hall–Kier alpha value is -3.13. The highest BCUT2D eigenvalue weighted by Gasteiger charge is 2.27. The van der Waals surface area contributed by atoms with E-state index in [0.717, 1.165) is 18.6 Å². The first-order valence-electron chi connectivity index (χ1n) is 8.80. The largest absolute Gasteiger partial charge is 0.490 e. The highest BCUT2D eigenvalue weighted by molar-refractivity contribution is 6.02. The molecule has 1 heterocycles. The molecule has 2 aromatic carbocycles. The maximum absolute atomic E-state index is 12.7. The summed E-state index contributed by atoms with van der Waals surface area (Å²) in [6, 6.07) is 16.2. The van der Waals surface area contributed by atoms with Gasteiger partial charge in [-0.3, -0.25) is 4.79 Å². The SMILES string of the molecule is N#CC(C(=O)c1ccc(OC2CCCC2)cc1)c1nc2ccccc2o1. The first-order chi connectivity index (χ1) is 12.7. The third-order valence-corrected chi connectivity index (χ3v) is 4.69. The molecule has 1 unspecified atom stereocenters. The minimum atomic E-state index is -1.07. The Morgan fingerprint density at radius 1 is 1.15 bits per heavy atom. The second-order valence-electron chi connectivity index (χ2n) is 6.49. The molecule has 0 amide bonds. The van der Waals surface area contributed by atoms with Crippen molar-refractivity contribution in [1.82, 2.24) is 4.98 Å². The van der Waals surface area contributed by atoms with Gasteiger partial charge < -0.3 is 9.15 Å². The van der Waals surface area contributed by atoms with E-state index in [9.17, 15) is 10.1 Å². The number of Topliss-reactive ketones (excluding diaryl/α,β-unsaturated/α-hetero) is 1.